The van der Waals surface area contributed by atoms with Crippen LogP contribution in [0.1, 0.15) is 23.9 Å². The van der Waals surface area contributed by atoms with Crippen molar-refractivity contribution in [2.45, 2.75) is 26.8 Å². The van der Waals surface area contributed by atoms with Crippen LogP contribution in [-0.2, 0) is 14.3 Å². The number of para-hydroxylation sites is 1. The molecule has 0 aliphatic carbocycles. The molecular formula is C20H19ClN2O4S. The van der Waals surface area contributed by atoms with Crippen LogP contribution in [0, 0.1) is 13.8 Å². The fourth-order valence-electron chi connectivity index (χ4n) is 3.17. The van der Waals surface area contributed by atoms with E-state index < -0.39 is 23.2 Å². The zero-order valence-corrected chi connectivity index (χ0v) is 17.4. The van der Waals surface area contributed by atoms with Crippen LogP contribution in [0.5, 0.6) is 0 Å². The van der Waals surface area contributed by atoms with Crippen molar-refractivity contribution in [3.63, 3.8) is 0 Å². The first kappa shape index (κ1) is 20.2. The number of hydrogen-bond donors (Lipinski definition) is 0. The summed E-state index contributed by atoms with van der Waals surface area (Å²) >= 11 is 7.14. The standard InChI is InChI=1S/C20H19ClN2O4S/c1-11-9-14(12(2)22(11)16-8-6-5-7-15(16)21)10-17-18(24)23(20(26)28-17)13(3)19(25)27-4/h5-10,13H,1-4H3/b17-10+/t13-/m1/s1. The number of imide groups is 1. The lowest BCUT2D eigenvalue weighted by Crippen LogP contribution is -2.42. The maximum absolute atomic E-state index is 12.7. The molecule has 1 aromatic heterocycles. The third-order valence-corrected chi connectivity index (χ3v) is 5.81. The van der Waals surface area contributed by atoms with Crippen LogP contribution in [0.4, 0.5) is 4.79 Å². The first-order valence-electron chi connectivity index (χ1n) is 8.55. The normalized spacial score (nSPS) is 16.8. The molecule has 0 radical (unpaired) electrons. The first-order chi connectivity index (χ1) is 13.3. The molecule has 3 rings (SSSR count). The van der Waals surface area contributed by atoms with E-state index in [-0.39, 0.29) is 4.91 Å². The monoisotopic (exact) mass is 418 g/mol. The molecule has 2 heterocycles. The number of amides is 2. The van der Waals surface area contributed by atoms with E-state index in [1.807, 2.05) is 48.7 Å². The van der Waals surface area contributed by atoms with E-state index >= 15 is 0 Å². The molecule has 6 nitrogen and oxygen atoms in total. The highest BCUT2D eigenvalue weighted by Crippen LogP contribution is 2.35. The van der Waals surface area contributed by atoms with Crippen molar-refractivity contribution in [3.05, 3.63) is 57.2 Å². The fourth-order valence-corrected chi connectivity index (χ4v) is 4.29. The largest absolute Gasteiger partial charge is 0.467 e. The van der Waals surface area contributed by atoms with Crippen LogP contribution in [0.2, 0.25) is 5.02 Å². The van der Waals surface area contributed by atoms with Gasteiger partial charge in [0.25, 0.3) is 11.1 Å². The van der Waals surface area contributed by atoms with Gasteiger partial charge in [-0.2, -0.15) is 0 Å². The Hall–Kier alpha value is -2.51. The second-order valence-corrected chi connectivity index (χ2v) is 7.76. The van der Waals surface area contributed by atoms with E-state index in [2.05, 4.69) is 4.74 Å². The maximum Gasteiger partial charge on any atom is 0.328 e. The van der Waals surface area contributed by atoms with Gasteiger partial charge in [-0.1, -0.05) is 23.7 Å². The van der Waals surface area contributed by atoms with Crippen LogP contribution in [0.15, 0.2) is 35.2 Å². The quantitative estimate of drug-likeness (QED) is 0.545. The number of hydrogen-bond acceptors (Lipinski definition) is 5. The number of carbonyl (C=O) groups is 3. The lowest BCUT2D eigenvalue weighted by molar-refractivity contribution is -0.148. The second kappa shape index (κ2) is 7.85. The number of thioether (sulfide) groups is 1. The average Bonchev–Trinajstić information content (AvgIpc) is 3.09. The molecule has 8 heteroatoms. The molecule has 1 saturated heterocycles. The Morgan fingerprint density at radius 3 is 2.57 bits per heavy atom. The summed E-state index contributed by atoms with van der Waals surface area (Å²) in [7, 11) is 1.22. The lowest BCUT2D eigenvalue weighted by Gasteiger charge is -2.18. The van der Waals surface area contributed by atoms with Crippen LogP contribution in [0.3, 0.4) is 0 Å². The van der Waals surface area contributed by atoms with Gasteiger partial charge in [-0.05, 0) is 62.4 Å². The number of nitrogens with zero attached hydrogens (tertiary/aromatic N) is 2. The molecule has 0 saturated carbocycles. The molecule has 0 unspecified atom stereocenters. The van der Waals surface area contributed by atoms with Crippen molar-refractivity contribution in [3.8, 4) is 5.69 Å². The highest BCUT2D eigenvalue weighted by Gasteiger charge is 2.41. The summed E-state index contributed by atoms with van der Waals surface area (Å²) in [6.07, 6.45) is 1.67. The van der Waals surface area contributed by atoms with Crippen LogP contribution < -0.4 is 0 Å². The summed E-state index contributed by atoms with van der Waals surface area (Å²) in [5, 5.41) is 0.122. The smallest absolute Gasteiger partial charge is 0.328 e. The van der Waals surface area contributed by atoms with Gasteiger partial charge >= 0.3 is 5.97 Å². The molecule has 1 atom stereocenters. The summed E-state index contributed by atoms with van der Waals surface area (Å²) in [6, 6.07) is 8.45. The number of aryl methyl sites for hydroxylation is 1. The number of methoxy groups -OCH3 is 1. The number of ether oxygens (including phenoxy) is 1. The van der Waals surface area contributed by atoms with Crippen molar-refractivity contribution in [1.82, 2.24) is 9.47 Å². The number of halogens is 1. The van der Waals surface area contributed by atoms with Crippen molar-refractivity contribution in [1.29, 1.82) is 0 Å². The number of carbonyl (C=O) groups excluding carboxylic acids is 3. The van der Waals surface area contributed by atoms with E-state index in [1.54, 1.807) is 6.08 Å². The molecule has 0 N–H and O–H groups in total. The van der Waals surface area contributed by atoms with Gasteiger partial charge in [0.15, 0.2) is 0 Å². The summed E-state index contributed by atoms with van der Waals surface area (Å²) in [5.41, 5.74) is 3.47. The Morgan fingerprint density at radius 2 is 1.93 bits per heavy atom. The SMILES string of the molecule is COC(=O)[C@@H](C)N1C(=O)S/C(=C/c2cc(C)n(-c3ccccc3Cl)c2C)C1=O. The van der Waals surface area contributed by atoms with Gasteiger partial charge in [0.2, 0.25) is 0 Å². The van der Waals surface area contributed by atoms with E-state index in [0.29, 0.717) is 5.02 Å². The topological polar surface area (TPSA) is 68.6 Å². The van der Waals surface area contributed by atoms with Gasteiger partial charge in [-0.25, -0.2) is 4.79 Å². The van der Waals surface area contributed by atoms with Crippen LogP contribution in [0.25, 0.3) is 11.8 Å². The second-order valence-electron chi connectivity index (χ2n) is 6.36. The molecule has 28 heavy (non-hydrogen) atoms. The van der Waals surface area contributed by atoms with Crippen molar-refractivity contribution < 1.29 is 19.1 Å². The molecule has 0 spiro atoms. The Bertz CT molecular complexity index is 1010. The van der Waals surface area contributed by atoms with E-state index in [9.17, 15) is 14.4 Å². The van der Waals surface area contributed by atoms with Crippen LogP contribution >= 0.6 is 23.4 Å². The minimum atomic E-state index is -0.973. The van der Waals surface area contributed by atoms with E-state index in [0.717, 1.165) is 39.3 Å². The zero-order valence-electron chi connectivity index (χ0n) is 15.9. The number of rotatable bonds is 4. The van der Waals surface area contributed by atoms with E-state index in [1.165, 1.54) is 14.0 Å². The summed E-state index contributed by atoms with van der Waals surface area (Å²) in [4.78, 5) is 37.9. The average molecular weight is 419 g/mol. The van der Waals surface area contributed by atoms with Gasteiger partial charge in [0.1, 0.15) is 6.04 Å². The number of aromatic nitrogens is 1. The van der Waals surface area contributed by atoms with Gasteiger partial charge in [0, 0.05) is 11.4 Å². The van der Waals surface area contributed by atoms with E-state index in [4.69, 9.17) is 11.6 Å². The summed E-state index contributed by atoms with van der Waals surface area (Å²) < 4.78 is 6.64. The third kappa shape index (κ3) is 3.47. The highest BCUT2D eigenvalue weighted by molar-refractivity contribution is 8.18. The molecule has 1 fully saturated rings. The fraction of sp³-hybridized carbons (Fsp3) is 0.250. The van der Waals surface area contributed by atoms with Gasteiger partial charge in [-0.15, -0.1) is 0 Å². The molecule has 2 aromatic rings. The minimum absolute atomic E-state index is 0.264. The third-order valence-electron chi connectivity index (χ3n) is 4.60. The number of esters is 1. The predicted octanol–water partition coefficient (Wildman–Crippen LogP) is 4.35. The molecule has 0 bridgehead atoms. The first-order valence-corrected chi connectivity index (χ1v) is 9.74. The summed E-state index contributed by atoms with van der Waals surface area (Å²) in [5.74, 6) is -1.14. The molecule has 1 aliphatic rings. The Morgan fingerprint density at radius 1 is 1.25 bits per heavy atom. The maximum atomic E-state index is 12.7. The van der Waals surface area contributed by atoms with Crippen molar-refractivity contribution >= 4 is 46.6 Å². The summed E-state index contributed by atoms with van der Waals surface area (Å²) in [6.45, 7) is 5.33. The highest BCUT2D eigenvalue weighted by atomic mass is 35.5. The predicted molar refractivity (Wildman–Crippen MR) is 110 cm³/mol. The lowest BCUT2D eigenvalue weighted by atomic mass is 10.2. The van der Waals surface area contributed by atoms with Gasteiger partial charge in [0.05, 0.1) is 22.7 Å². The van der Waals surface area contributed by atoms with Crippen molar-refractivity contribution in [2.24, 2.45) is 0 Å². The van der Waals surface area contributed by atoms with Crippen LogP contribution in [-0.4, -0.2) is 39.7 Å². The molecule has 1 aromatic carbocycles. The van der Waals surface area contributed by atoms with Gasteiger partial charge < -0.3 is 9.30 Å². The minimum Gasteiger partial charge on any atom is -0.467 e. The van der Waals surface area contributed by atoms with Gasteiger partial charge in [-0.3, -0.25) is 14.5 Å². The molecule has 1 aliphatic heterocycles. The Balaban J connectivity index is 1.98. The Labute approximate surface area is 172 Å². The Kier molecular flexibility index (Phi) is 5.67. The van der Waals surface area contributed by atoms with Crippen molar-refractivity contribution in [2.75, 3.05) is 7.11 Å². The molecular weight excluding hydrogens is 400 g/mol. The molecule has 2 amide bonds. The molecule has 146 valence electrons. The zero-order chi connectivity index (χ0) is 20.6. The number of benzene rings is 1.